The summed E-state index contributed by atoms with van der Waals surface area (Å²) in [6.45, 7) is 0. The van der Waals surface area contributed by atoms with Crippen molar-refractivity contribution in [3.05, 3.63) is 29.8 Å². The maximum Gasteiger partial charge on any atom is 0.506 e. The van der Waals surface area contributed by atoms with Gasteiger partial charge in [0.1, 0.15) is 6.04 Å². The van der Waals surface area contributed by atoms with E-state index in [1.807, 2.05) is 0 Å². The van der Waals surface area contributed by atoms with Crippen LogP contribution in [0.25, 0.3) is 0 Å². The second kappa shape index (κ2) is 6.32. The van der Waals surface area contributed by atoms with E-state index in [0.29, 0.717) is 6.42 Å². The quantitative estimate of drug-likeness (QED) is 0.471. The standard InChI is InChI=1S/C9H13B2NO4/c12-8(9(13)16-11-15)5-6-1-3-7(10-14)4-2-6/h1-4,8,10-11,14-15H,5,12H2/t8-/m0/s1. The largest absolute Gasteiger partial charge is 0.511 e. The van der Waals surface area contributed by atoms with Crippen molar-refractivity contribution in [3.8, 4) is 0 Å². The molecule has 5 nitrogen and oxygen atoms in total. The van der Waals surface area contributed by atoms with Crippen LogP contribution in [-0.2, 0) is 15.9 Å². The minimum atomic E-state index is -0.785. The molecular weight excluding hydrogens is 208 g/mol. The average molecular weight is 221 g/mol. The molecule has 84 valence electrons. The van der Waals surface area contributed by atoms with Crippen LogP contribution >= 0.6 is 0 Å². The minimum absolute atomic E-state index is 0.0150. The molecule has 0 spiro atoms. The van der Waals surface area contributed by atoms with Crippen LogP contribution in [0.3, 0.4) is 0 Å². The highest BCUT2D eigenvalue weighted by Gasteiger charge is 2.15. The Balaban J connectivity index is 2.55. The fourth-order valence-electron chi connectivity index (χ4n) is 1.29. The van der Waals surface area contributed by atoms with Crippen LogP contribution in [0.5, 0.6) is 0 Å². The molecule has 1 aromatic carbocycles. The molecule has 0 heterocycles. The van der Waals surface area contributed by atoms with Crippen molar-refractivity contribution in [2.45, 2.75) is 12.5 Å². The molecule has 1 rings (SSSR count). The third-order valence-corrected chi connectivity index (χ3v) is 2.17. The maximum atomic E-state index is 11.1. The SMILES string of the molecule is N[C@@H](Cc1ccc(BO)cc1)C(=O)OBO. The van der Waals surface area contributed by atoms with Crippen LogP contribution in [0.4, 0.5) is 0 Å². The van der Waals surface area contributed by atoms with Crippen LogP contribution in [0.2, 0.25) is 0 Å². The molecule has 0 aromatic heterocycles. The highest BCUT2D eigenvalue weighted by atomic mass is 16.6. The van der Waals surface area contributed by atoms with Gasteiger partial charge < -0.3 is 20.4 Å². The summed E-state index contributed by atoms with van der Waals surface area (Å²) >= 11 is 0. The van der Waals surface area contributed by atoms with E-state index in [2.05, 4.69) is 4.65 Å². The van der Waals surface area contributed by atoms with E-state index in [9.17, 15) is 4.79 Å². The van der Waals surface area contributed by atoms with Crippen molar-refractivity contribution in [1.29, 1.82) is 0 Å². The summed E-state index contributed by atoms with van der Waals surface area (Å²) in [4.78, 5) is 11.1. The zero-order valence-electron chi connectivity index (χ0n) is 8.80. The summed E-state index contributed by atoms with van der Waals surface area (Å²) in [5.41, 5.74) is 7.25. The van der Waals surface area contributed by atoms with Crippen LogP contribution in [0.1, 0.15) is 5.56 Å². The first-order valence-corrected chi connectivity index (χ1v) is 4.89. The number of hydrogen-bond donors (Lipinski definition) is 3. The Kier molecular flexibility index (Phi) is 5.04. The third-order valence-electron chi connectivity index (χ3n) is 2.17. The lowest BCUT2D eigenvalue weighted by Gasteiger charge is -2.10. The van der Waals surface area contributed by atoms with Crippen molar-refractivity contribution in [2.24, 2.45) is 5.73 Å². The Morgan fingerprint density at radius 2 is 2.00 bits per heavy atom. The predicted molar refractivity (Wildman–Crippen MR) is 62.6 cm³/mol. The molecule has 0 amide bonds. The lowest BCUT2D eigenvalue weighted by Crippen LogP contribution is -2.35. The number of benzene rings is 1. The lowest BCUT2D eigenvalue weighted by molar-refractivity contribution is -0.136. The molecule has 0 fully saturated rings. The van der Waals surface area contributed by atoms with Crippen molar-refractivity contribution in [2.75, 3.05) is 0 Å². The predicted octanol–water partition coefficient (Wildman–Crippen LogP) is -2.67. The first-order valence-electron chi connectivity index (χ1n) is 4.89. The molecule has 0 radical (unpaired) electrons. The summed E-state index contributed by atoms with van der Waals surface area (Å²) in [5.74, 6) is -0.631. The molecule has 4 N–H and O–H groups in total. The molecule has 7 heteroatoms. The topological polar surface area (TPSA) is 92.8 Å². The van der Waals surface area contributed by atoms with Crippen LogP contribution < -0.4 is 11.2 Å². The molecule has 0 aliphatic rings. The smallest absolute Gasteiger partial charge is 0.506 e. The minimum Gasteiger partial charge on any atom is -0.511 e. The van der Waals surface area contributed by atoms with Crippen LogP contribution in [0, 0.1) is 0 Å². The van der Waals surface area contributed by atoms with Gasteiger partial charge in [-0.3, -0.25) is 4.79 Å². The van der Waals surface area contributed by atoms with E-state index in [4.69, 9.17) is 15.8 Å². The first-order chi connectivity index (χ1) is 7.67. The number of hydrogen-bond acceptors (Lipinski definition) is 5. The van der Waals surface area contributed by atoms with Crippen LogP contribution in [-0.4, -0.2) is 37.2 Å². The normalized spacial score (nSPS) is 11.7. The maximum absolute atomic E-state index is 11.1. The van der Waals surface area contributed by atoms with Crippen molar-refractivity contribution >= 4 is 26.6 Å². The molecule has 0 unspecified atom stereocenters. The number of carbonyl (C=O) groups excluding carboxylic acids is 1. The Hall–Kier alpha value is -1.30. The summed E-state index contributed by atoms with van der Waals surface area (Å²) < 4.78 is 4.37. The Labute approximate surface area is 94.8 Å². The first kappa shape index (κ1) is 12.8. The third kappa shape index (κ3) is 3.69. The summed E-state index contributed by atoms with van der Waals surface area (Å²) in [5, 5.41) is 17.2. The monoisotopic (exact) mass is 221 g/mol. The van der Waals surface area contributed by atoms with Gasteiger partial charge in [-0.05, 0) is 12.0 Å². The molecule has 0 aliphatic heterocycles. The highest BCUT2D eigenvalue weighted by molar-refractivity contribution is 6.45. The Bertz CT molecular complexity index is 344. The number of nitrogens with two attached hydrogens (primary N) is 1. The van der Waals surface area contributed by atoms with E-state index in [-0.39, 0.29) is 7.48 Å². The molecule has 1 aromatic rings. The fraction of sp³-hybridized carbons (Fsp3) is 0.222. The van der Waals surface area contributed by atoms with Crippen LogP contribution in [0.15, 0.2) is 24.3 Å². The highest BCUT2D eigenvalue weighted by Crippen LogP contribution is 2.01. The lowest BCUT2D eigenvalue weighted by atomic mass is 9.88. The van der Waals surface area contributed by atoms with Gasteiger partial charge in [-0.2, -0.15) is 0 Å². The van der Waals surface area contributed by atoms with E-state index < -0.39 is 19.7 Å². The van der Waals surface area contributed by atoms with Crippen molar-refractivity contribution in [3.63, 3.8) is 0 Å². The van der Waals surface area contributed by atoms with Crippen molar-refractivity contribution < 1.29 is 19.5 Å². The molecule has 0 saturated carbocycles. The number of rotatable bonds is 5. The Morgan fingerprint density at radius 3 is 2.50 bits per heavy atom. The second-order valence-electron chi connectivity index (χ2n) is 3.38. The summed E-state index contributed by atoms with van der Waals surface area (Å²) in [6, 6.07) is 6.32. The van der Waals surface area contributed by atoms with Gasteiger partial charge >= 0.3 is 21.1 Å². The Morgan fingerprint density at radius 1 is 1.38 bits per heavy atom. The molecular formula is C9H13B2NO4. The van der Waals surface area contributed by atoms with Crippen molar-refractivity contribution in [1.82, 2.24) is 0 Å². The van der Waals surface area contributed by atoms with E-state index in [1.54, 1.807) is 24.3 Å². The van der Waals surface area contributed by atoms with Gasteiger partial charge in [0.25, 0.3) is 0 Å². The van der Waals surface area contributed by atoms with Gasteiger partial charge in [0, 0.05) is 0 Å². The summed E-state index contributed by atoms with van der Waals surface area (Å²) in [6.07, 6.45) is 0.338. The average Bonchev–Trinajstić information content (AvgIpc) is 2.30. The second-order valence-corrected chi connectivity index (χ2v) is 3.38. The zero-order chi connectivity index (χ0) is 12.0. The fourth-order valence-corrected chi connectivity index (χ4v) is 1.29. The van der Waals surface area contributed by atoms with Gasteiger partial charge in [-0.15, -0.1) is 0 Å². The molecule has 1 atom stereocenters. The van der Waals surface area contributed by atoms with E-state index >= 15 is 0 Å². The van der Waals surface area contributed by atoms with Gasteiger partial charge in [0.05, 0.1) is 0 Å². The molecule has 0 bridgehead atoms. The van der Waals surface area contributed by atoms with Gasteiger partial charge in [-0.25, -0.2) is 0 Å². The van der Waals surface area contributed by atoms with Gasteiger partial charge in [0.2, 0.25) is 0 Å². The molecule has 16 heavy (non-hydrogen) atoms. The summed E-state index contributed by atoms with van der Waals surface area (Å²) in [7, 11) is -0.672. The molecule has 0 saturated heterocycles. The van der Waals surface area contributed by atoms with Gasteiger partial charge in [0.15, 0.2) is 0 Å². The van der Waals surface area contributed by atoms with E-state index in [0.717, 1.165) is 11.0 Å². The zero-order valence-corrected chi connectivity index (χ0v) is 8.80. The number of carbonyl (C=O) groups is 1. The van der Waals surface area contributed by atoms with E-state index in [1.165, 1.54) is 0 Å². The van der Waals surface area contributed by atoms with Gasteiger partial charge in [-0.1, -0.05) is 29.7 Å². The molecule has 0 aliphatic carbocycles.